The normalized spacial score (nSPS) is 17.0. The minimum atomic E-state index is -0.439. The minimum absolute atomic E-state index is 0.0643. The molecule has 24 heavy (non-hydrogen) atoms. The number of fused-ring (bicyclic) bond motifs is 1. The summed E-state index contributed by atoms with van der Waals surface area (Å²) in [7, 11) is 0. The standard InChI is InChI=1S/C20H21NO3/c1-13(2)15-5-3-4-6-16(15)21-19(22)20(9-10-20)14-7-8-17-18(11-14)24-12-23-17/h3-8,11,13H,9-10,12H2,1-2H3,(H,21,22). The Balaban J connectivity index is 1.61. The van der Waals surface area contributed by atoms with Crippen LogP contribution in [0.3, 0.4) is 0 Å². The van der Waals surface area contributed by atoms with Gasteiger partial charge in [0.2, 0.25) is 12.7 Å². The molecule has 4 heteroatoms. The maximum absolute atomic E-state index is 13.0. The van der Waals surface area contributed by atoms with Crippen LogP contribution in [0.4, 0.5) is 5.69 Å². The van der Waals surface area contributed by atoms with Crippen molar-refractivity contribution in [2.24, 2.45) is 0 Å². The van der Waals surface area contributed by atoms with Crippen molar-refractivity contribution in [1.82, 2.24) is 0 Å². The van der Waals surface area contributed by atoms with Crippen LogP contribution in [0.2, 0.25) is 0 Å². The first kappa shape index (κ1) is 15.1. The highest BCUT2D eigenvalue weighted by atomic mass is 16.7. The van der Waals surface area contributed by atoms with Crippen LogP contribution in [0, 0.1) is 0 Å². The molecule has 2 aliphatic rings. The Morgan fingerprint density at radius 2 is 1.83 bits per heavy atom. The van der Waals surface area contributed by atoms with Crippen molar-refractivity contribution in [2.45, 2.75) is 38.0 Å². The quantitative estimate of drug-likeness (QED) is 0.917. The first-order valence-electron chi connectivity index (χ1n) is 8.41. The molecule has 0 spiro atoms. The molecule has 1 aliphatic heterocycles. The third kappa shape index (κ3) is 2.42. The Bertz CT molecular complexity index is 793. The van der Waals surface area contributed by atoms with E-state index >= 15 is 0 Å². The Morgan fingerprint density at radius 3 is 2.58 bits per heavy atom. The van der Waals surface area contributed by atoms with Crippen molar-refractivity contribution >= 4 is 11.6 Å². The van der Waals surface area contributed by atoms with Crippen LogP contribution in [0.1, 0.15) is 43.7 Å². The van der Waals surface area contributed by atoms with Crippen molar-refractivity contribution in [3.63, 3.8) is 0 Å². The number of nitrogens with one attached hydrogen (secondary N) is 1. The lowest BCUT2D eigenvalue weighted by molar-refractivity contribution is -0.118. The molecule has 0 saturated heterocycles. The largest absolute Gasteiger partial charge is 0.454 e. The number of carbonyl (C=O) groups is 1. The molecule has 4 rings (SSSR count). The monoisotopic (exact) mass is 323 g/mol. The Kier molecular flexibility index (Phi) is 3.48. The van der Waals surface area contributed by atoms with Gasteiger partial charge in [0.15, 0.2) is 11.5 Å². The second kappa shape index (κ2) is 5.55. The van der Waals surface area contributed by atoms with E-state index in [2.05, 4.69) is 25.2 Å². The molecule has 0 unspecified atom stereocenters. The van der Waals surface area contributed by atoms with Gasteiger partial charge in [-0.2, -0.15) is 0 Å². The number of hydrogen-bond donors (Lipinski definition) is 1. The molecular weight excluding hydrogens is 302 g/mol. The summed E-state index contributed by atoms with van der Waals surface area (Å²) < 4.78 is 10.8. The first-order valence-corrected chi connectivity index (χ1v) is 8.41. The number of benzene rings is 2. The minimum Gasteiger partial charge on any atom is -0.454 e. The van der Waals surface area contributed by atoms with Gasteiger partial charge in [-0.15, -0.1) is 0 Å². The number of carbonyl (C=O) groups excluding carboxylic acids is 1. The number of ether oxygens (including phenoxy) is 2. The van der Waals surface area contributed by atoms with Gasteiger partial charge in [-0.3, -0.25) is 4.79 Å². The van der Waals surface area contributed by atoms with E-state index in [4.69, 9.17) is 9.47 Å². The molecule has 0 bridgehead atoms. The average Bonchev–Trinajstić information content (AvgIpc) is 3.26. The van der Waals surface area contributed by atoms with E-state index < -0.39 is 5.41 Å². The molecular formula is C20H21NO3. The van der Waals surface area contributed by atoms with Gasteiger partial charge >= 0.3 is 0 Å². The number of amides is 1. The zero-order valence-corrected chi connectivity index (χ0v) is 14.0. The fourth-order valence-electron chi connectivity index (χ4n) is 3.32. The Morgan fingerprint density at radius 1 is 1.08 bits per heavy atom. The van der Waals surface area contributed by atoms with Gasteiger partial charge in [0.25, 0.3) is 0 Å². The Labute approximate surface area is 141 Å². The molecule has 1 amide bonds. The summed E-state index contributed by atoms with van der Waals surface area (Å²) in [5.74, 6) is 1.91. The van der Waals surface area contributed by atoms with Crippen LogP contribution >= 0.6 is 0 Å². The van der Waals surface area contributed by atoms with Crippen molar-refractivity contribution in [2.75, 3.05) is 12.1 Å². The summed E-state index contributed by atoms with van der Waals surface area (Å²) in [6.07, 6.45) is 1.73. The van der Waals surface area contributed by atoms with Crippen molar-refractivity contribution in [3.05, 3.63) is 53.6 Å². The molecule has 2 aromatic rings. The molecule has 4 nitrogen and oxygen atoms in total. The van der Waals surface area contributed by atoms with Gasteiger partial charge in [-0.05, 0) is 48.1 Å². The van der Waals surface area contributed by atoms with Crippen molar-refractivity contribution in [3.8, 4) is 11.5 Å². The lowest BCUT2D eigenvalue weighted by Crippen LogP contribution is -2.28. The summed E-state index contributed by atoms with van der Waals surface area (Å²) in [5.41, 5.74) is 2.63. The topological polar surface area (TPSA) is 47.6 Å². The van der Waals surface area contributed by atoms with Gasteiger partial charge in [0.1, 0.15) is 0 Å². The van der Waals surface area contributed by atoms with E-state index in [0.717, 1.165) is 41.2 Å². The summed E-state index contributed by atoms with van der Waals surface area (Å²) in [6.45, 7) is 4.52. The molecule has 1 saturated carbocycles. The first-order chi connectivity index (χ1) is 11.6. The molecule has 0 aromatic heterocycles. The van der Waals surface area contributed by atoms with Crippen LogP contribution in [0.25, 0.3) is 0 Å². The molecule has 0 radical (unpaired) electrons. The fourth-order valence-corrected chi connectivity index (χ4v) is 3.32. The highest BCUT2D eigenvalue weighted by Gasteiger charge is 2.51. The summed E-state index contributed by atoms with van der Waals surface area (Å²) >= 11 is 0. The zero-order valence-electron chi connectivity index (χ0n) is 14.0. The highest BCUT2D eigenvalue weighted by Crippen LogP contribution is 2.51. The lowest BCUT2D eigenvalue weighted by Gasteiger charge is -2.19. The third-order valence-electron chi connectivity index (χ3n) is 4.94. The zero-order chi connectivity index (χ0) is 16.7. The van der Waals surface area contributed by atoms with Crippen molar-refractivity contribution in [1.29, 1.82) is 0 Å². The average molecular weight is 323 g/mol. The molecule has 0 atom stereocenters. The maximum atomic E-state index is 13.0. The number of para-hydroxylation sites is 1. The number of rotatable bonds is 4. The molecule has 1 N–H and O–H groups in total. The molecule has 1 heterocycles. The molecule has 124 valence electrons. The third-order valence-corrected chi connectivity index (χ3v) is 4.94. The van der Waals surface area contributed by atoms with E-state index in [1.165, 1.54) is 0 Å². The predicted octanol–water partition coefficient (Wildman–Crippen LogP) is 4.21. The van der Waals surface area contributed by atoms with Gasteiger partial charge in [0.05, 0.1) is 5.41 Å². The van der Waals surface area contributed by atoms with Gasteiger partial charge < -0.3 is 14.8 Å². The van der Waals surface area contributed by atoms with Crippen LogP contribution in [-0.2, 0) is 10.2 Å². The van der Waals surface area contributed by atoms with Crippen LogP contribution < -0.4 is 14.8 Å². The summed E-state index contributed by atoms with van der Waals surface area (Å²) in [4.78, 5) is 13.0. The number of anilines is 1. The van der Waals surface area contributed by atoms with E-state index in [1.807, 2.05) is 36.4 Å². The van der Waals surface area contributed by atoms with E-state index in [9.17, 15) is 4.79 Å². The van der Waals surface area contributed by atoms with E-state index in [1.54, 1.807) is 0 Å². The lowest BCUT2D eigenvalue weighted by atomic mass is 9.93. The second-order valence-electron chi connectivity index (χ2n) is 6.85. The fraction of sp³-hybridized carbons (Fsp3) is 0.350. The maximum Gasteiger partial charge on any atom is 0.235 e. The van der Waals surface area contributed by atoms with Gasteiger partial charge in [-0.25, -0.2) is 0 Å². The highest BCUT2D eigenvalue weighted by molar-refractivity contribution is 6.02. The molecule has 1 fully saturated rings. The Hall–Kier alpha value is -2.49. The van der Waals surface area contributed by atoms with E-state index in [0.29, 0.717) is 5.92 Å². The summed E-state index contributed by atoms with van der Waals surface area (Å²) in [5, 5.41) is 3.15. The van der Waals surface area contributed by atoms with Gasteiger partial charge in [-0.1, -0.05) is 38.1 Å². The predicted molar refractivity (Wildman–Crippen MR) is 92.6 cm³/mol. The molecule has 1 aliphatic carbocycles. The van der Waals surface area contributed by atoms with Crippen LogP contribution in [0.15, 0.2) is 42.5 Å². The van der Waals surface area contributed by atoms with E-state index in [-0.39, 0.29) is 12.7 Å². The summed E-state index contributed by atoms with van der Waals surface area (Å²) in [6, 6.07) is 13.8. The van der Waals surface area contributed by atoms with Crippen LogP contribution in [-0.4, -0.2) is 12.7 Å². The van der Waals surface area contributed by atoms with Crippen molar-refractivity contribution < 1.29 is 14.3 Å². The SMILES string of the molecule is CC(C)c1ccccc1NC(=O)C1(c2ccc3c(c2)OCO3)CC1. The van der Waals surface area contributed by atoms with Crippen LogP contribution in [0.5, 0.6) is 11.5 Å². The number of hydrogen-bond acceptors (Lipinski definition) is 3. The molecule has 2 aromatic carbocycles. The van der Waals surface area contributed by atoms with Gasteiger partial charge in [0, 0.05) is 5.69 Å². The second-order valence-corrected chi connectivity index (χ2v) is 6.85. The smallest absolute Gasteiger partial charge is 0.235 e.